The highest BCUT2D eigenvalue weighted by Gasteiger charge is 2.17. The summed E-state index contributed by atoms with van der Waals surface area (Å²) in [6.45, 7) is 7.97. The molecule has 0 saturated heterocycles. The molecule has 5 aromatic rings. The highest BCUT2D eigenvalue weighted by Crippen LogP contribution is 2.42. The number of aryl methyl sites for hydroxylation is 2. The van der Waals surface area contributed by atoms with Crippen molar-refractivity contribution in [3.05, 3.63) is 108 Å². The van der Waals surface area contributed by atoms with E-state index in [-0.39, 0.29) is 36.2 Å². The first-order valence-electron chi connectivity index (χ1n) is 19.7. The van der Waals surface area contributed by atoms with Crippen molar-refractivity contribution in [2.75, 3.05) is 106 Å². The molecule has 14 nitrogen and oxygen atoms in total. The van der Waals surface area contributed by atoms with E-state index >= 15 is 0 Å². The Morgan fingerprint density at radius 1 is 0.333 bits per heavy atom. The van der Waals surface area contributed by atoms with Crippen molar-refractivity contribution in [1.29, 1.82) is 0 Å². The minimum Gasteiger partial charge on any atom is -0.490 e. The summed E-state index contributed by atoms with van der Waals surface area (Å²) in [7, 11) is -7.63. The molecule has 0 amide bonds. The van der Waals surface area contributed by atoms with Gasteiger partial charge in [-0.2, -0.15) is 16.8 Å². The maximum Gasteiger partial charge on any atom is 0.297 e. The van der Waals surface area contributed by atoms with Gasteiger partial charge in [0.25, 0.3) is 20.2 Å². The van der Waals surface area contributed by atoms with Gasteiger partial charge in [-0.25, -0.2) is 0 Å². The van der Waals surface area contributed by atoms with Gasteiger partial charge in [0.2, 0.25) is 0 Å². The van der Waals surface area contributed by atoms with Crippen molar-refractivity contribution >= 4 is 41.8 Å². The fraction of sp³-hybridized carbons (Fsp3) is 0.409. The third kappa shape index (κ3) is 15.1. The fourth-order valence-corrected chi connectivity index (χ4v) is 7.59. The lowest BCUT2D eigenvalue weighted by Gasteiger charge is -2.18. The van der Waals surface area contributed by atoms with Crippen LogP contribution in [0.1, 0.15) is 11.1 Å². The van der Waals surface area contributed by atoms with E-state index in [4.69, 9.17) is 46.3 Å². The molecule has 326 valence electrons. The summed E-state index contributed by atoms with van der Waals surface area (Å²) in [6, 6.07) is 28.8. The van der Waals surface area contributed by atoms with Gasteiger partial charge in [-0.3, -0.25) is 8.37 Å². The predicted molar refractivity (Wildman–Crippen MR) is 226 cm³/mol. The highest BCUT2D eigenvalue weighted by molar-refractivity contribution is 7.87. The Morgan fingerprint density at radius 2 is 0.583 bits per heavy atom. The van der Waals surface area contributed by atoms with Crippen LogP contribution in [0.4, 0.5) is 0 Å². The number of ether oxygens (including phenoxy) is 8. The molecule has 0 aliphatic heterocycles. The highest BCUT2D eigenvalue weighted by atomic mass is 32.2. The lowest BCUT2D eigenvalue weighted by molar-refractivity contribution is 0.00532. The second-order valence-electron chi connectivity index (χ2n) is 13.3. The van der Waals surface area contributed by atoms with Crippen molar-refractivity contribution < 1.29 is 63.1 Å². The molecule has 0 bridgehead atoms. The molecule has 0 N–H and O–H groups in total. The van der Waals surface area contributed by atoms with Crippen LogP contribution in [-0.4, -0.2) is 123 Å². The summed E-state index contributed by atoms with van der Waals surface area (Å²) in [6.07, 6.45) is 0. The van der Waals surface area contributed by atoms with E-state index in [1.807, 2.05) is 62.4 Å². The van der Waals surface area contributed by atoms with Crippen LogP contribution in [0.15, 0.2) is 107 Å². The van der Waals surface area contributed by atoms with Gasteiger partial charge < -0.3 is 37.9 Å². The van der Waals surface area contributed by atoms with Crippen LogP contribution in [0, 0.1) is 13.8 Å². The van der Waals surface area contributed by atoms with Crippen molar-refractivity contribution in [2.45, 2.75) is 23.6 Å². The zero-order valence-corrected chi connectivity index (χ0v) is 35.7. The van der Waals surface area contributed by atoms with Crippen LogP contribution in [0.2, 0.25) is 0 Å². The molecule has 0 fully saturated rings. The number of fused-ring (bicyclic) bond motifs is 2. The largest absolute Gasteiger partial charge is 0.490 e. The first kappa shape index (κ1) is 46.9. The van der Waals surface area contributed by atoms with Gasteiger partial charge in [0.05, 0.1) is 102 Å². The maximum absolute atomic E-state index is 12.2. The Morgan fingerprint density at radius 3 is 0.867 bits per heavy atom. The van der Waals surface area contributed by atoms with Crippen LogP contribution in [0.5, 0.6) is 11.5 Å². The van der Waals surface area contributed by atoms with Gasteiger partial charge in [0, 0.05) is 21.5 Å². The van der Waals surface area contributed by atoms with E-state index in [1.54, 1.807) is 24.3 Å². The molecule has 0 unspecified atom stereocenters. The smallest absolute Gasteiger partial charge is 0.297 e. The van der Waals surface area contributed by atoms with Crippen molar-refractivity contribution in [2.24, 2.45) is 0 Å². The monoisotopic (exact) mass is 870 g/mol. The van der Waals surface area contributed by atoms with E-state index in [1.165, 1.54) is 24.3 Å². The van der Waals surface area contributed by atoms with Gasteiger partial charge in [-0.1, -0.05) is 83.9 Å². The average molecular weight is 871 g/mol. The number of rotatable bonds is 30. The Kier molecular flexibility index (Phi) is 19.5. The molecule has 5 aromatic carbocycles. The summed E-state index contributed by atoms with van der Waals surface area (Å²) in [5, 5.41) is 3.68. The number of hydrogen-bond acceptors (Lipinski definition) is 14. The zero-order valence-electron chi connectivity index (χ0n) is 34.1. The number of benzene rings is 5. The molecule has 0 atom stereocenters. The summed E-state index contributed by atoms with van der Waals surface area (Å²) in [5.74, 6) is 1.50. The summed E-state index contributed by atoms with van der Waals surface area (Å²) < 4.78 is 105. The normalized spacial score (nSPS) is 12.0. The van der Waals surface area contributed by atoms with Gasteiger partial charge in [0.15, 0.2) is 0 Å². The SMILES string of the molecule is Cc1ccc(S(=O)(=O)OCCOCCOCCOCCOc2c3ccccc3c(OCCOCCOCCOCCOS(=O)(=O)c3ccc(C)cc3)c3ccccc23)cc1. The molecule has 0 radical (unpaired) electrons. The van der Waals surface area contributed by atoms with E-state index in [0.717, 1.165) is 44.2 Å². The molecule has 0 aliphatic rings. The first-order valence-corrected chi connectivity index (χ1v) is 22.5. The molecule has 16 heteroatoms. The van der Waals surface area contributed by atoms with Crippen LogP contribution in [0.25, 0.3) is 21.5 Å². The zero-order chi connectivity index (χ0) is 42.5. The van der Waals surface area contributed by atoms with Crippen LogP contribution in [-0.2, 0) is 57.0 Å². The predicted octanol–water partition coefficient (Wildman–Crippen LogP) is 6.28. The fourth-order valence-electron chi connectivity index (χ4n) is 5.80. The third-order valence-electron chi connectivity index (χ3n) is 8.82. The molecule has 0 aliphatic carbocycles. The second kappa shape index (κ2) is 24.9. The second-order valence-corrected chi connectivity index (χ2v) is 16.5. The average Bonchev–Trinajstić information content (AvgIpc) is 3.24. The maximum atomic E-state index is 12.2. The van der Waals surface area contributed by atoms with E-state index in [2.05, 4.69) is 0 Å². The van der Waals surface area contributed by atoms with E-state index in [0.29, 0.717) is 79.3 Å². The summed E-state index contributed by atoms with van der Waals surface area (Å²) >= 11 is 0. The standard InChI is InChI=1S/C44H54O14S2/c1-35-11-15-37(16-12-35)59(45,46)57-33-29-53-25-21-49-19-23-51-27-31-55-43-39-7-3-5-9-41(39)44(42-10-6-4-8-40(42)43)56-32-28-52-24-20-50-22-26-54-30-34-58-60(47,48)38-17-13-36(2)14-18-38/h3-18H,19-34H2,1-2H3. The van der Waals surface area contributed by atoms with Gasteiger partial charge in [-0.05, 0) is 38.1 Å². The Labute approximate surface area is 352 Å². The Balaban J connectivity index is 0.922. The quantitative estimate of drug-likeness (QED) is 0.0288. The minimum atomic E-state index is -3.81. The topological polar surface area (TPSA) is 161 Å². The van der Waals surface area contributed by atoms with Crippen molar-refractivity contribution in [1.82, 2.24) is 0 Å². The molecule has 0 saturated carbocycles. The van der Waals surface area contributed by atoms with E-state index < -0.39 is 20.2 Å². The lowest BCUT2D eigenvalue weighted by atomic mass is 10.0. The summed E-state index contributed by atoms with van der Waals surface area (Å²) in [4.78, 5) is 0.230. The Hall–Kier alpha value is -4.20. The molecule has 0 spiro atoms. The molecule has 0 heterocycles. The third-order valence-corrected chi connectivity index (χ3v) is 11.5. The molecule has 0 aromatic heterocycles. The first-order chi connectivity index (χ1) is 29.2. The lowest BCUT2D eigenvalue weighted by Crippen LogP contribution is -2.15. The minimum absolute atomic E-state index is 0.0834. The molecular weight excluding hydrogens is 817 g/mol. The van der Waals surface area contributed by atoms with Gasteiger partial charge in [-0.15, -0.1) is 0 Å². The Bertz CT molecular complexity index is 2030. The van der Waals surface area contributed by atoms with Crippen molar-refractivity contribution in [3.8, 4) is 11.5 Å². The number of hydrogen-bond donors (Lipinski definition) is 0. The van der Waals surface area contributed by atoms with Crippen LogP contribution < -0.4 is 9.47 Å². The van der Waals surface area contributed by atoms with Crippen LogP contribution >= 0.6 is 0 Å². The van der Waals surface area contributed by atoms with Crippen molar-refractivity contribution in [3.63, 3.8) is 0 Å². The molecular formula is C44H54O14S2. The molecule has 5 rings (SSSR count). The molecule has 60 heavy (non-hydrogen) atoms. The van der Waals surface area contributed by atoms with Gasteiger partial charge in [0.1, 0.15) is 24.7 Å². The van der Waals surface area contributed by atoms with Crippen LogP contribution in [0.3, 0.4) is 0 Å². The summed E-state index contributed by atoms with van der Waals surface area (Å²) in [5.41, 5.74) is 1.93. The van der Waals surface area contributed by atoms with E-state index in [9.17, 15) is 16.8 Å². The van der Waals surface area contributed by atoms with Gasteiger partial charge >= 0.3 is 0 Å².